The van der Waals surface area contributed by atoms with Gasteiger partial charge in [-0.3, -0.25) is 13.9 Å². The summed E-state index contributed by atoms with van der Waals surface area (Å²) in [5.74, 6) is 0. The average molecular weight is 417 g/mol. The topological polar surface area (TPSA) is 72.7 Å². The second-order valence-electron chi connectivity index (χ2n) is 6.79. The van der Waals surface area contributed by atoms with E-state index in [1.54, 1.807) is 24.3 Å². The van der Waals surface area contributed by atoms with Crippen LogP contribution < -0.4 is 11.2 Å². The van der Waals surface area contributed by atoms with E-state index in [1.807, 2.05) is 53.4 Å². The van der Waals surface area contributed by atoms with Crippen molar-refractivity contribution in [2.45, 2.75) is 13.1 Å². The van der Waals surface area contributed by atoms with Gasteiger partial charge in [0.2, 0.25) is 0 Å². The number of nitriles is 1. The molecule has 0 radical (unpaired) electrons. The lowest BCUT2D eigenvalue weighted by Crippen LogP contribution is -2.40. The van der Waals surface area contributed by atoms with Crippen molar-refractivity contribution < 1.29 is 0 Å². The van der Waals surface area contributed by atoms with Gasteiger partial charge in [-0.05, 0) is 41.5 Å². The Balaban J connectivity index is 1.73. The standard InChI is InChI=1S/C23H17ClN4O2/c24-21-13-22(29)28(15-17-6-5-9-20(12-17)26-10-3-4-11-26)23(30)27(21)16-19-8-2-1-7-18(19)14-25/h1-13H,15-16H2. The molecule has 0 saturated carbocycles. The van der Waals surface area contributed by atoms with Crippen molar-refractivity contribution in [1.29, 1.82) is 5.26 Å². The molecule has 0 N–H and O–H groups in total. The van der Waals surface area contributed by atoms with Gasteiger partial charge in [-0.1, -0.05) is 41.9 Å². The Hall–Kier alpha value is -3.82. The summed E-state index contributed by atoms with van der Waals surface area (Å²) < 4.78 is 4.40. The van der Waals surface area contributed by atoms with Crippen LogP contribution in [0.25, 0.3) is 5.69 Å². The predicted octanol–water partition coefficient (Wildman–Crippen LogP) is 3.42. The zero-order valence-electron chi connectivity index (χ0n) is 15.9. The van der Waals surface area contributed by atoms with Crippen molar-refractivity contribution in [1.82, 2.24) is 13.7 Å². The van der Waals surface area contributed by atoms with Crippen LogP contribution in [0.5, 0.6) is 0 Å². The molecule has 4 aromatic rings. The van der Waals surface area contributed by atoms with Crippen molar-refractivity contribution in [3.05, 3.63) is 122 Å². The summed E-state index contributed by atoms with van der Waals surface area (Å²) >= 11 is 6.21. The summed E-state index contributed by atoms with van der Waals surface area (Å²) in [7, 11) is 0. The maximum atomic E-state index is 13.1. The van der Waals surface area contributed by atoms with Crippen LogP contribution in [0.2, 0.25) is 5.15 Å². The second kappa shape index (κ2) is 8.27. The third-order valence-corrected chi connectivity index (χ3v) is 5.16. The molecule has 7 heteroatoms. The van der Waals surface area contributed by atoms with Crippen LogP contribution in [0.3, 0.4) is 0 Å². The van der Waals surface area contributed by atoms with E-state index in [0.29, 0.717) is 11.1 Å². The normalized spacial score (nSPS) is 10.7. The number of benzene rings is 2. The maximum absolute atomic E-state index is 13.1. The first-order chi connectivity index (χ1) is 14.6. The number of aromatic nitrogens is 3. The minimum absolute atomic E-state index is 0.0371. The molecular formula is C23H17ClN4O2. The zero-order chi connectivity index (χ0) is 21.1. The number of rotatable bonds is 5. The molecule has 2 aromatic carbocycles. The fourth-order valence-corrected chi connectivity index (χ4v) is 3.55. The number of hydrogen-bond acceptors (Lipinski definition) is 3. The van der Waals surface area contributed by atoms with Gasteiger partial charge in [0.25, 0.3) is 5.56 Å². The Kier molecular flexibility index (Phi) is 5.38. The van der Waals surface area contributed by atoms with E-state index in [-0.39, 0.29) is 18.2 Å². The minimum atomic E-state index is -0.522. The molecule has 30 heavy (non-hydrogen) atoms. The van der Waals surface area contributed by atoms with Crippen LogP contribution >= 0.6 is 11.6 Å². The van der Waals surface area contributed by atoms with Crippen LogP contribution in [0, 0.1) is 11.3 Å². The van der Waals surface area contributed by atoms with Gasteiger partial charge >= 0.3 is 5.69 Å². The van der Waals surface area contributed by atoms with Crippen LogP contribution in [-0.2, 0) is 13.1 Å². The third-order valence-electron chi connectivity index (χ3n) is 4.85. The van der Waals surface area contributed by atoms with Gasteiger partial charge in [0.1, 0.15) is 5.15 Å². The van der Waals surface area contributed by atoms with Crippen LogP contribution in [-0.4, -0.2) is 13.7 Å². The van der Waals surface area contributed by atoms with Gasteiger partial charge in [0.15, 0.2) is 0 Å². The van der Waals surface area contributed by atoms with Crippen molar-refractivity contribution in [3.63, 3.8) is 0 Å². The Morgan fingerprint density at radius 1 is 0.867 bits per heavy atom. The zero-order valence-corrected chi connectivity index (χ0v) is 16.7. The Morgan fingerprint density at radius 2 is 1.63 bits per heavy atom. The smallest absolute Gasteiger partial charge is 0.324 e. The second-order valence-corrected chi connectivity index (χ2v) is 7.18. The average Bonchev–Trinajstić information content (AvgIpc) is 3.30. The predicted molar refractivity (Wildman–Crippen MR) is 115 cm³/mol. The lowest BCUT2D eigenvalue weighted by molar-refractivity contribution is 0.612. The molecule has 0 aliphatic carbocycles. The number of halogens is 1. The van der Waals surface area contributed by atoms with E-state index in [0.717, 1.165) is 15.8 Å². The summed E-state index contributed by atoms with van der Waals surface area (Å²) in [5.41, 5.74) is 1.86. The molecule has 0 amide bonds. The van der Waals surface area contributed by atoms with Crippen LogP contribution in [0.1, 0.15) is 16.7 Å². The van der Waals surface area contributed by atoms with Gasteiger partial charge in [-0.25, -0.2) is 4.79 Å². The molecule has 148 valence electrons. The van der Waals surface area contributed by atoms with Crippen molar-refractivity contribution >= 4 is 11.6 Å². The highest BCUT2D eigenvalue weighted by Gasteiger charge is 2.13. The highest BCUT2D eigenvalue weighted by molar-refractivity contribution is 6.29. The van der Waals surface area contributed by atoms with Gasteiger partial charge < -0.3 is 4.57 Å². The minimum Gasteiger partial charge on any atom is -0.324 e. The quantitative estimate of drug-likeness (QED) is 0.468. The van der Waals surface area contributed by atoms with E-state index in [4.69, 9.17) is 11.6 Å². The van der Waals surface area contributed by atoms with E-state index in [9.17, 15) is 14.9 Å². The summed E-state index contributed by atoms with van der Waals surface area (Å²) in [6, 6.07) is 21.8. The molecule has 0 saturated heterocycles. The molecule has 2 aromatic heterocycles. The first-order valence-corrected chi connectivity index (χ1v) is 9.65. The van der Waals surface area contributed by atoms with Gasteiger partial charge in [0.05, 0.1) is 24.7 Å². The van der Waals surface area contributed by atoms with Crippen molar-refractivity contribution in [3.8, 4) is 11.8 Å². The molecule has 0 spiro atoms. The molecular weight excluding hydrogens is 400 g/mol. The van der Waals surface area contributed by atoms with E-state index < -0.39 is 11.2 Å². The van der Waals surface area contributed by atoms with Crippen molar-refractivity contribution in [2.75, 3.05) is 0 Å². The van der Waals surface area contributed by atoms with E-state index in [1.165, 1.54) is 10.6 Å². The SMILES string of the molecule is N#Cc1ccccc1Cn1c(Cl)cc(=O)n(Cc2cccc(-n3cccc3)c2)c1=O. The lowest BCUT2D eigenvalue weighted by atomic mass is 10.1. The molecule has 2 heterocycles. The largest absolute Gasteiger partial charge is 0.332 e. The maximum Gasteiger partial charge on any atom is 0.332 e. The summed E-state index contributed by atoms with van der Waals surface area (Å²) in [5, 5.41) is 9.34. The highest BCUT2D eigenvalue weighted by atomic mass is 35.5. The fraction of sp³-hybridized carbons (Fsp3) is 0.0870. The van der Waals surface area contributed by atoms with Crippen LogP contribution in [0.15, 0.2) is 88.7 Å². The molecule has 0 unspecified atom stereocenters. The monoisotopic (exact) mass is 416 g/mol. The summed E-state index contributed by atoms with van der Waals surface area (Å²) in [6.07, 6.45) is 3.85. The summed E-state index contributed by atoms with van der Waals surface area (Å²) in [6.45, 7) is 0.217. The molecule has 0 atom stereocenters. The molecule has 0 aliphatic rings. The molecule has 0 fully saturated rings. The third kappa shape index (κ3) is 3.84. The Labute approximate surface area is 177 Å². The number of hydrogen-bond donors (Lipinski definition) is 0. The van der Waals surface area contributed by atoms with Gasteiger partial charge in [-0.15, -0.1) is 0 Å². The Bertz CT molecular complexity index is 1360. The molecule has 0 aliphatic heterocycles. The Morgan fingerprint density at radius 3 is 2.40 bits per heavy atom. The van der Waals surface area contributed by atoms with Crippen LogP contribution in [0.4, 0.5) is 0 Å². The first-order valence-electron chi connectivity index (χ1n) is 9.27. The highest BCUT2D eigenvalue weighted by Crippen LogP contribution is 2.13. The molecule has 4 rings (SSSR count). The van der Waals surface area contributed by atoms with Gasteiger partial charge in [-0.2, -0.15) is 5.26 Å². The summed E-state index contributed by atoms with van der Waals surface area (Å²) in [4.78, 5) is 25.6. The van der Waals surface area contributed by atoms with Gasteiger partial charge in [0, 0.05) is 24.1 Å². The molecule has 6 nitrogen and oxygen atoms in total. The fourth-order valence-electron chi connectivity index (χ4n) is 3.32. The van der Waals surface area contributed by atoms with E-state index in [2.05, 4.69) is 6.07 Å². The van der Waals surface area contributed by atoms with Crippen molar-refractivity contribution in [2.24, 2.45) is 0 Å². The number of nitrogens with zero attached hydrogens (tertiary/aromatic N) is 4. The molecule has 0 bridgehead atoms. The first kappa shape index (κ1) is 19.5. The lowest BCUT2D eigenvalue weighted by Gasteiger charge is -2.13. The van der Waals surface area contributed by atoms with E-state index >= 15 is 0 Å².